The molecule has 0 aromatic carbocycles. The molecule has 0 aliphatic rings. The van der Waals surface area contributed by atoms with Crippen LogP contribution in [-0.4, -0.2) is 39.8 Å². The molecule has 1 rings (SSSR count). The van der Waals surface area contributed by atoms with Gasteiger partial charge in [0.15, 0.2) is 0 Å². The number of nitrogens with one attached hydrogen (secondary N) is 1. The minimum absolute atomic E-state index is 0.105. The van der Waals surface area contributed by atoms with Gasteiger partial charge < -0.3 is 9.84 Å². The van der Waals surface area contributed by atoms with Gasteiger partial charge in [-0.15, -0.1) is 11.3 Å². The first-order valence-electron chi connectivity index (χ1n) is 4.28. The van der Waals surface area contributed by atoms with E-state index in [-0.39, 0.29) is 22.9 Å². The smallest absolute Gasteiger partial charge is 0.347 e. The van der Waals surface area contributed by atoms with Gasteiger partial charge in [0, 0.05) is 13.7 Å². The summed E-state index contributed by atoms with van der Waals surface area (Å²) in [5, 5.41) is 10.2. The second kappa shape index (κ2) is 5.39. The fourth-order valence-corrected chi connectivity index (χ4v) is 3.29. The summed E-state index contributed by atoms with van der Waals surface area (Å²) >= 11 is 0.874. The van der Waals surface area contributed by atoms with E-state index in [0.29, 0.717) is 0 Å². The van der Waals surface area contributed by atoms with Crippen LogP contribution in [0.3, 0.4) is 0 Å². The minimum atomic E-state index is -3.77. The number of carbonyl (C=O) groups is 1. The Morgan fingerprint density at radius 3 is 2.88 bits per heavy atom. The predicted octanol–water partition coefficient (Wildman–Crippen LogP) is 0.371. The third-order valence-electron chi connectivity index (χ3n) is 1.71. The summed E-state index contributed by atoms with van der Waals surface area (Å²) in [5.41, 5.74) is 0. The molecule has 0 saturated heterocycles. The monoisotopic (exact) mass is 265 g/mol. The summed E-state index contributed by atoms with van der Waals surface area (Å²) in [5.74, 6) is -1.25. The van der Waals surface area contributed by atoms with Gasteiger partial charge >= 0.3 is 5.97 Å². The Morgan fingerprint density at radius 2 is 2.31 bits per heavy atom. The zero-order valence-corrected chi connectivity index (χ0v) is 10.1. The van der Waals surface area contributed by atoms with Gasteiger partial charge in [-0.3, -0.25) is 0 Å². The molecule has 6 nitrogen and oxygen atoms in total. The van der Waals surface area contributed by atoms with E-state index in [1.54, 1.807) is 0 Å². The highest BCUT2D eigenvalue weighted by molar-refractivity contribution is 7.89. The highest BCUT2D eigenvalue weighted by Crippen LogP contribution is 2.21. The molecule has 0 saturated carbocycles. The lowest BCUT2D eigenvalue weighted by Crippen LogP contribution is -2.27. The SMILES string of the molecule is COCCNS(=O)(=O)c1ccsc1C(=O)O. The number of ether oxygens (including phenoxy) is 1. The largest absolute Gasteiger partial charge is 0.477 e. The van der Waals surface area contributed by atoms with E-state index in [1.165, 1.54) is 18.6 Å². The fourth-order valence-electron chi connectivity index (χ4n) is 1.02. The number of carboxylic acid groups (broad SMARTS) is 1. The standard InChI is InChI=1S/C8H11NO5S2/c1-14-4-3-9-16(12,13)6-2-5-15-7(6)8(10)11/h2,5,9H,3-4H2,1H3,(H,10,11). The first-order valence-corrected chi connectivity index (χ1v) is 6.64. The third kappa shape index (κ3) is 3.01. The van der Waals surface area contributed by atoms with E-state index < -0.39 is 16.0 Å². The summed E-state index contributed by atoms with van der Waals surface area (Å²) in [6, 6.07) is 1.27. The number of carboxylic acids is 1. The van der Waals surface area contributed by atoms with Crippen molar-refractivity contribution >= 4 is 27.3 Å². The van der Waals surface area contributed by atoms with Gasteiger partial charge in [0.25, 0.3) is 0 Å². The average molecular weight is 265 g/mol. The summed E-state index contributed by atoms with van der Waals surface area (Å²) in [6.07, 6.45) is 0. The van der Waals surface area contributed by atoms with Crippen LogP contribution in [0.4, 0.5) is 0 Å². The Hall–Kier alpha value is -0.960. The number of hydrogen-bond donors (Lipinski definition) is 2. The van der Waals surface area contributed by atoms with E-state index in [2.05, 4.69) is 4.72 Å². The van der Waals surface area contributed by atoms with Gasteiger partial charge in [-0.25, -0.2) is 17.9 Å². The Bertz CT molecular complexity index is 465. The second-order valence-corrected chi connectivity index (χ2v) is 5.46. The molecular formula is C8H11NO5S2. The van der Waals surface area contributed by atoms with E-state index in [4.69, 9.17) is 9.84 Å². The summed E-state index contributed by atoms with van der Waals surface area (Å²) < 4.78 is 30.3. The first kappa shape index (κ1) is 13.1. The third-order valence-corrected chi connectivity index (χ3v) is 4.25. The fraction of sp³-hybridized carbons (Fsp3) is 0.375. The average Bonchev–Trinajstić information content (AvgIpc) is 2.66. The maximum absolute atomic E-state index is 11.7. The van der Waals surface area contributed by atoms with Crippen molar-refractivity contribution in [3.8, 4) is 0 Å². The molecule has 0 aliphatic carbocycles. The van der Waals surface area contributed by atoms with E-state index >= 15 is 0 Å². The number of hydrogen-bond acceptors (Lipinski definition) is 5. The van der Waals surface area contributed by atoms with Gasteiger partial charge in [-0.05, 0) is 11.4 Å². The van der Waals surface area contributed by atoms with E-state index in [9.17, 15) is 13.2 Å². The van der Waals surface area contributed by atoms with Crippen molar-refractivity contribution in [1.29, 1.82) is 0 Å². The lowest BCUT2D eigenvalue weighted by atomic mass is 10.5. The first-order chi connectivity index (χ1) is 7.49. The van der Waals surface area contributed by atoms with Gasteiger partial charge in [-0.1, -0.05) is 0 Å². The summed E-state index contributed by atoms with van der Waals surface area (Å²) in [4.78, 5) is 10.4. The van der Waals surface area contributed by atoms with Crippen molar-refractivity contribution in [3.63, 3.8) is 0 Å². The molecule has 1 aromatic heterocycles. The molecule has 0 amide bonds. The van der Waals surface area contributed by atoms with Crippen molar-refractivity contribution in [1.82, 2.24) is 4.72 Å². The molecule has 8 heteroatoms. The molecule has 0 aliphatic heterocycles. The van der Waals surface area contributed by atoms with Crippen LogP contribution >= 0.6 is 11.3 Å². The molecule has 0 fully saturated rings. The Kier molecular flexibility index (Phi) is 4.42. The van der Waals surface area contributed by atoms with Crippen LogP contribution in [0.5, 0.6) is 0 Å². The second-order valence-electron chi connectivity index (χ2n) is 2.81. The van der Waals surface area contributed by atoms with Crippen molar-refractivity contribution < 1.29 is 23.1 Å². The number of thiophene rings is 1. The molecule has 90 valence electrons. The lowest BCUT2D eigenvalue weighted by molar-refractivity contribution is 0.0698. The molecule has 1 heterocycles. The van der Waals surface area contributed by atoms with E-state index in [1.807, 2.05) is 0 Å². The van der Waals surface area contributed by atoms with Gasteiger partial charge in [0.2, 0.25) is 10.0 Å². The number of sulfonamides is 1. The Balaban J connectivity index is 2.90. The maximum Gasteiger partial charge on any atom is 0.347 e. The summed E-state index contributed by atoms with van der Waals surface area (Å²) in [6.45, 7) is 0.333. The highest BCUT2D eigenvalue weighted by Gasteiger charge is 2.23. The molecular weight excluding hydrogens is 254 g/mol. The zero-order chi connectivity index (χ0) is 12.2. The van der Waals surface area contributed by atoms with Crippen LogP contribution in [-0.2, 0) is 14.8 Å². The van der Waals surface area contributed by atoms with Crippen molar-refractivity contribution in [3.05, 3.63) is 16.3 Å². The minimum Gasteiger partial charge on any atom is -0.477 e. The van der Waals surface area contributed by atoms with Crippen LogP contribution in [0, 0.1) is 0 Å². The normalized spacial score (nSPS) is 11.6. The van der Waals surface area contributed by atoms with Gasteiger partial charge in [0.1, 0.15) is 9.77 Å². The highest BCUT2D eigenvalue weighted by atomic mass is 32.2. The van der Waals surface area contributed by atoms with Gasteiger partial charge in [-0.2, -0.15) is 0 Å². The molecule has 0 bridgehead atoms. The van der Waals surface area contributed by atoms with Crippen LogP contribution in [0.15, 0.2) is 16.3 Å². The van der Waals surface area contributed by atoms with Crippen molar-refractivity contribution in [2.75, 3.05) is 20.3 Å². The number of aromatic carboxylic acids is 1. The number of methoxy groups -OCH3 is 1. The Labute approximate surface area is 96.9 Å². The van der Waals surface area contributed by atoms with Crippen molar-refractivity contribution in [2.45, 2.75) is 4.90 Å². The molecule has 2 N–H and O–H groups in total. The predicted molar refractivity (Wildman–Crippen MR) is 58.3 cm³/mol. The molecule has 0 radical (unpaired) electrons. The molecule has 16 heavy (non-hydrogen) atoms. The van der Waals surface area contributed by atoms with Crippen LogP contribution in [0.25, 0.3) is 0 Å². The van der Waals surface area contributed by atoms with Crippen LogP contribution in [0.2, 0.25) is 0 Å². The lowest BCUT2D eigenvalue weighted by Gasteiger charge is -2.05. The number of rotatable bonds is 6. The maximum atomic E-state index is 11.7. The quantitative estimate of drug-likeness (QED) is 0.725. The van der Waals surface area contributed by atoms with Crippen LogP contribution in [0.1, 0.15) is 9.67 Å². The molecule has 0 unspecified atom stereocenters. The Morgan fingerprint density at radius 1 is 1.62 bits per heavy atom. The zero-order valence-electron chi connectivity index (χ0n) is 8.47. The van der Waals surface area contributed by atoms with Gasteiger partial charge in [0.05, 0.1) is 6.61 Å². The topological polar surface area (TPSA) is 92.7 Å². The van der Waals surface area contributed by atoms with Crippen molar-refractivity contribution in [2.24, 2.45) is 0 Å². The molecule has 1 aromatic rings. The molecule has 0 atom stereocenters. The van der Waals surface area contributed by atoms with Crippen LogP contribution < -0.4 is 4.72 Å². The molecule has 0 spiro atoms. The summed E-state index contributed by atoms with van der Waals surface area (Å²) in [7, 11) is -2.32. The van der Waals surface area contributed by atoms with E-state index in [0.717, 1.165) is 11.3 Å².